The summed E-state index contributed by atoms with van der Waals surface area (Å²) in [6.45, 7) is 1.86. The van der Waals surface area contributed by atoms with E-state index in [1.807, 2.05) is 6.92 Å². The molecule has 0 saturated heterocycles. The van der Waals surface area contributed by atoms with Crippen LogP contribution in [-0.4, -0.2) is 15.3 Å². The van der Waals surface area contributed by atoms with E-state index in [0.29, 0.717) is 12.0 Å². The van der Waals surface area contributed by atoms with E-state index in [9.17, 15) is 10.2 Å². The Morgan fingerprint density at radius 1 is 1.29 bits per heavy atom. The third-order valence-corrected chi connectivity index (χ3v) is 2.08. The first-order chi connectivity index (χ1) is 6.60. The summed E-state index contributed by atoms with van der Waals surface area (Å²) in [5, 5.41) is 28.1. The molecule has 1 rings (SSSR count). The van der Waals surface area contributed by atoms with E-state index < -0.39 is 0 Å². The van der Waals surface area contributed by atoms with Gasteiger partial charge in [0.25, 0.3) is 0 Å². The highest BCUT2D eigenvalue weighted by Crippen LogP contribution is 2.37. The summed E-state index contributed by atoms with van der Waals surface area (Å²) in [6, 6.07) is 1.99. The number of phenols is 3. The van der Waals surface area contributed by atoms with Gasteiger partial charge in [-0.25, -0.2) is 0 Å². The van der Waals surface area contributed by atoms with Crippen molar-refractivity contribution in [1.29, 1.82) is 0 Å². The Balaban J connectivity index is 3.19. The van der Waals surface area contributed by atoms with Crippen molar-refractivity contribution in [3.05, 3.63) is 17.7 Å². The van der Waals surface area contributed by atoms with Gasteiger partial charge in [-0.15, -0.1) is 0 Å². The number of hydrogen-bond donors (Lipinski definition) is 5. The number of hydrogen-bond acceptors (Lipinski definition) is 5. The first kappa shape index (κ1) is 10.6. The zero-order valence-electron chi connectivity index (χ0n) is 7.86. The zero-order valence-corrected chi connectivity index (χ0v) is 7.86. The lowest BCUT2D eigenvalue weighted by Crippen LogP contribution is -2.27. The van der Waals surface area contributed by atoms with Gasteiger partial charge >= 0.3 is 0 Å². The molecule has 0 aliphatic heterocycles. The van der Waals surface area contributed by atoms with Crippen LogP contribution >= 0.6 is 0 Å². The van der Waals surface area contributed by atoms with Crippen LogP contribution in [0.1, 0.15) is 24.9 Å². The normalized spacial score (nSPS) is 12.7. The van der Waals surface area contributed by atoms with Gasteiger partial charge in [-0.1, -0.05) is 6.92 Å². The fourth-order valence-corrected chi connectivity index (χ4v) is 1.37. The standard InChI is InChI=1S/C9H14N2O3/c1-2-6(11-10)9-7(13)3-5(12)4-8(9)14/h3-4,6,11-14H,2,10H2,1H3/t6-/m0/s1. The van der Waals surface area contributed by atoms with E-state index in [1.54, 1.807) is 0 Å². The number of phenolic OH excluding ortho intramolecular Hbond substituents is 3. The Morgan fingerprint density at radius 3 is 2.14 bits per heavy atom. The number of hydrazine groups is 1. The number of rotatable bonds is 3. The fraction of sp³-hybridized carbons (Fsp3) is 0.333. The molecule has 0 saturated carbocycles. The second-order valence-electron chi connectivity index (χ2n) is 3.03. The van der Waals surface area contributed by atoms with Crippen molar-refractivity contribution in [2.24, 2.45) is 5.84 Å². The number of benzene rings is 1. The lowest BCUT2D eigenvalue weighted by Gasteiger charge is -2.16. The molecule has 5 nitrogen and oxygen atoms in total. The summed E-state index contributed by atoms with van der Waals surface area (Å²) >= 11 is 0. The van der Waals surface area contributed by atoms with Gasteiger partial charge in [-0.2, -0.15) is 0 Å². The highest BCUT2D eigenvalue weighted by atomic mass is 16.3. The van der Waals surface area contributed by atoms with Crippen LogP contribution in [0.15, 0.2) is 12.1 Å². The van der Waals surface area contributed by atoms with Crippen LogP contribution < -0.4 is 11.3 Å². The summed E-state index contributed by atoms with van der Waals surface area (Å²) in [5.74, 6) is 4.72. The summed E-state index contributed by atoms with van der Waals surface area (Å²) in [7, 11) is 0. The van der Waals surface area contributed by atoms with Crippen molar-refractivity contribution in [2.75, 3.05) is 0 Å². The van der Waals surface area contributed by atoms with E-state index >= 15 is 0 Å². The average molecular weight is 198 g/mol. The van der Waals surface area contributed by atoms with Crippen molar-refractivity contribution in [3.8, 4) is 17.2 Å². The van der Waals surface area contributed by atoms with Crippen LogP contribution in [0.4, 0.5) is 0 Å². The summed E-state index contributed by atoms with van der Waals surface area (Å²) < 4.78 is 0. The van der Waals surface area contributed by atoms with Crippen LogP contribution in [-0.2, 0) is 0 Å². The highest BCUT2D eigenvalue weighted by Gasteiger charge is 2.17. The Labute approximate surface area is 81.8 Å². The minimum atomic E-state index is -0.337. The number of aromatic hydroxyl groups is 3. The van der Waals surface area contributed by atoms with E-state index in [4.69, 9.17) is 10.9 Å². The predicted octanol–water partition coefficient (Wildman–Crippen LogP) is 0.718. The second kappa shape index (κ2) is 4.17. The van der Waals surface area contributed by atoms with Crippen molar-refractivity contribution >= 4 is 0 Å². The minimum Gasteiger partial charge on any atom is -0.508 e. The molecule has 0 bridgehead atoms. The second-order valence-corrected chi connectivity index (χ2v) is 3.03. The van der Waals surface area contributed by atoms with Crippen LogP contribution in [0.25, 0.3) is 0 Å². The van der Waals surface area contributed by atoms with Gasteiger partial charge in [-0.3, -0.25) is 11.3 Å². The van der Waals surface area contributed by atoms with Crippen molar-refractivity contribution in [1.82, 2.24) is 5.43 Å². The van der Waals surface area contributed by atoms with Gasteiger partial charge in [0.05, 0.1) is 11.6 Å². The number of nitrogens with two attached hydrogens (primary N) is 1. The molecule has 0 amide bonds. The molecule has 0 aliphatic rings. The van der Waals surface area contributed by atoms with Crippen molar-refractivity contribution in [3.63, 3.8) is 0 Å². The first-order valence-corrected chi connectivity index (χ1v) is 4.31. The molecule has 0 spiro atoms. The maximum atomic E-state index is 9.49. The molecule has 0 fully saturated rings. The van der Waals surface area contributed by atoms with Gasteiger partial charge in [-0.05, 0) is 6.42 Å². The summed E-state index contributed by atoms with van der Waals surface area (Å²) in [6.07, 6.45) is 0.613. The lowest BCUT2D eigenvalue weighted by molar-refractivity contribution is 0.398. The molecular weight excluding hydrogens is 184 g/mol. The molecule has 5 heteroatoms. The van der Waals surface area contributed by atoms with E-state index in [1.165, 1.54) is 0 Å². The third kappa shape index (κ3) is 1.89. The van der Waals surface area contributed by atoms with Crippen LogP contribution in [0.5, 0.6) is 17.2 Å². The topological polar surface area (TPSA) is 98.7 Å². The van der Waals surface area contributed by atoms with Crippen molar-refractivity contribution in [2.45, 2.75) is 19.4 Å². The van der Waals surface area contributed by atoms with Gasteiger partial charge in [0.15, 0.2) is 0 Å². The smallest absolute Gasteiger partial charge is 0.127 e. The maximum Gasteiger partial charge on any atom is 0.127 e. The van der Waals surface area contributed by atoms with Crippen LogP contribution in [0.2, 0.25) is 0 Å². The first-order valence-electron chi connectivity index (χ1n) is 4.31. The Kier molecular flexibility index (Phi) is 3.16. The van der Waals surface area contributed by atoms with Crippen molar-refractivity contribution < 1.29 is 15.3 Å². The van der Waals surface area contributed by atoms with Gasteiger partial charge in [0.1, 0.15) is 17.2 Å². The number of nitrogens with one attached hydrogen (secondary N) is 1. The quantitative estimate of drug-likeness (QED) is 0.364. The molecule has 14 heavy (non-hydrogen) atoms. The molecular formula is C9H14N2O3. The Bertz CT molecular complexity index is 301. The third-order valence-electron chi connectivity index (χ3n) is 2.08. The summed E-state index contributed by atoms with van der Waals surface area (Å²) in [4.78, 5) is 0. The molecule has 0 aliphatic carbocycles. The molecule has 1 atom stereocenters. The molecule has 0 radical (unpaired) electrons. The molecule has 78 valence electrons. The molecule has 0 aromatic heterocycles. The zero-order chi connectivity index (χ0) is 10.7. The SMILES string of the molecule is CC[C@H](NN)c1c(O)cc(O)cc1O. The average Bonchev–Trinajstić information content (AvgIpc) is 2.10. The Hall–Kier alpha value is -1.46. The highest BCUT2D eigenvalue weighted by molar-refractivity contribution is 5.50. The van der Waals surface area contributed by atoms with Crippen LogP contribution in [0, 0.1) is 0 Å². The lowest BCUT2D eigenvalue weighted by atomic mass is 10.0. The van der Waals surface area contributed by atoms with Crippen LogP contribution in [0.3, 0.4) is 0 Å². The van der Waals surface area contributed by atoms with E-state index in [2.05, 4.69) is 5.43 Å². The monoisotopic (exact) mass is 198 g/mol. The van der Waals surface area contributed by atoms with E-state index in [-0.39, 0.29) is 23.3 Å². The fourth-order valence-electron chi connectivity index (χ4n) is 1.37. The molecule has 0 unspecified atom stereocenters. The van der Waals surface area contributed by atoms with Gasteiger partial charge in [0.2, 0.25) is 0 Å². The predicted molar refractivity (Wildman–Crippen MR) is 51.8 cm³/mol. The maximum absolute atomic E-state index is 9.49. The molecule has 0 heterocycles. The summed E-state index contributed by atoms with van der Waals surface area (Å²) in [5.41, 5.74) is 2.77. The van der Waals surface area contributed by atoms with E-state index in [0.717, 1.165) is 12.1 Å². The Morgan fingerprint density at radius 2 is 1.79 bits per heavy atom. The van der Waals surface area contributed by atoms with Gasteiger partial charge in [0, 0.05) is 12.1 Å². The minimum absolute atomic E-state index is 0.174. The van der Waals surface area contributed by atoms with Gasteiger partial charge < -0.3 is 15.3 Å². The molecule has 1 aromatic carbocycles. The molecule has 1 aromatic rings. The molecule has 6 N–H and O–H groups in total. The largest absolute Gasteiger partial charge is 0.508 e.